The Hall–Kier alpha value is -2.09. The molecule has 2 heterocycles. The molecule has 0 saturated carbocycles. The van der Waals surface area contributed by atoms with E-state index < -0.39 is 21.9 Å². The number of anilines is 1. The molecular weight excluding hydrogens is 354 g/mol. The first-order chi connectivity index (χ1) is 12.1. The molecule has 1 aromatic rings. The number of benzene rings is 1. The molecule has 26 heavy (non-hydrogen) atoms. The van der Waals surface area contributed by atoms with Crippen molar-refractivity contribution in [3.05, 3.63) is 29.3 Å². The summed E-state index contributed by atoms with van der Waals surface area (Å²) in [5.74, 6) is -0.447. The van der Waals surface area contributed by atoms with Gasteiger partial charge in [0.15, 0.2) is 9.84 Å². The highest BCUT2D eigenvalue weighted by Gasteiger charge is 2.54. The number of hydrogen-bond donors (Lipinski definition) is 1. The van der Waals surface area contributed by atoms with Crippen molar-refractivity contribution < 1.29 is 18.0 Å². The summed E-state index contributed by atoms with van der Waals surface area (Å²) in [6, 6.07) is 4.46. The lowest BCUT2D eigenvalue weighted by Gasteiger charge is -2.23. The molecule has 2 aliphatic heterocycles. The van der Waals surface area contributed by atoms with Crippen LogP contribution < -0.4 is 10.2 Å². The zero-order valence-electron chi connectivity index (χ0n) is 15.5. The van der Waals surface area contributed by atoms with Gasteiger partial charge in [0.1, 0.15) is 6.54 Å². The summed E-state index contributed by atoms with van der Waals surface area (Å²) in [5.41, 5.74) is 2.69. The largest absolute Gasteiger partial charge is 0.352 e. The van der Waals surface area contributed by atoms with Crippen molar-refractivity contribution in [1.29, 1.82) is 0 Å². The Bertz CT molecular complexity index is 830. The van der Waals surface area contributed by atoms with Gasteiger partial charge in [-0.2, -0.15) is 0 Å². The molecule has 0 spiro atoms. The van der Waals surface area contributed by atoms with Gasteiger partial charge >= 0.3 is 6.03 Å². The molecule has 7 nitrogen and oxygen atoms in total. The number of nitrogens with one attached hydrogen (secondary N) is 1. The van der Waals surface area contributed by atoms with Crippen molar-refractivity contribution >= 4 is 27.5 Å². The molecule has 0 aromatic heterocycles. The Morgan fingerprint density at radius 1 is 1.15 bits per heavy atom. The first kappa shape index (κ1) is 18.7. The molecule has 0 bridgehead atoms. The third-order valence-corrected chi connectivity index (χ3v) is 6.42. The van der Waals surface area contributed by atoms with Crippen molar-refractivity contribution in [3.63, 3.8) is 0 Å². The lowest BCUT2D eigenvalue weighted by molar-refractivity contribution is -0.122. The van der Waals surface area contributed by atoms with Gasteiger partial charge in [-0.1, -0.05) is 6.07 Å². The van der Waals surface area contributed by atoms with Crippen LogP contribution in [0.15, 0.2) is 18.2 Å². The average Bonchev–Trinajstić information content (AvgIpc) is 2.89. The first-order valence-corrected chi connectivity index (χ1v) is 10.6. The van der Waals surface area contributed by atoms with Gasteiger partial charge in [-0.15, -0.1) is 0 Å². The third-order valence-electron chi connectivity index (χ3n) is 4.73. The van der Waals surface area contributed by atoms with Crippen LogP contribution in [0.2, 0.25) is 0 Å². The van der Waals surface area contributed by atoms with Gasteiger partial charge in [-0.25, -0.2) is 13.2 Å². The van der Waals surface area contributed by atoms with E-state index in [1.54, 1.807) is 4.90 Å². The van der Waals surface area contributed by atoms with Gasteiger partial charge in [-0.05, 0) is 51.0 Å². The highest BCUT2D eigenvalue weighted by atomic mass is 32.2. The minimum absolute atomic E-state index is 0.0427. The van der Waals surface area contributed by atoms with Crippen molar-refractivity contribution in [1.82, 2.24) is 10.2 Å². The van der Waals surface area contributed by atoms with E-state index in [1.165, 1.54) is 4.90 Å². The minimum atomic E-state index is -3.25. The zero-order valence-corrected chi connectivity index (χ0v) is 16.3. The Kier molecular flexibility index (Phi) is 4.72. The van der Waals surface area contributed by atoms with Crippen LogP contribution in [0, 0.1) is 13.8 Å². The number of nitrogens with zero attached hydrogens (tertiary/aromatic N) is 2. The monoisotopic (exact) mass is 379 g/mol. The molecule has 2 aliphatic rings. The third kappa shape index (κ3) is 3.56. The van der Waals surface area contributed by atoms with E-state index in [-0.39, 0.29) is 36.0 Å². The SMILES string of the molecule is Cc1cc(C)cc(N2C(=O)N(CC(=O)NC(C)C)[C@H]3CS(=O)(=O)C[C@@H]32)c1. The smallest absolute Gasteiger partial charge is 0.325 e. The van der Waals surface area contributed by atoms with E-state index in [2.05, 4.69) is 5.32 Å². The lowest BCUT2D eigenvalue weighted by Crippen LogP contribution is -2.45. The molecule has 3 rings (SSSR count). The van der Waals surface area contributed by atoms with Crippen LogP contribution >= 0.6 is 0 Å². The van der Waals surface area contributed by atoms with E-state index in [0.717, 1.165) is 11.1 Å². The summed E-state index contributed by atoms with van der Waals surface area (Å²) in [7, 11) is -3.25. The molecule has 0 aliphatic carbocycles. The molecule has 8 heteroatoms. The van der Waals surface area contributed by atoms with Crippen molar-refractivity contribution in [2.24, 2.45) is 0 Å². The fourth-order valence-corrected chi connectivity index (χ4v) is 5.83. The number of rotatable bonds is 4. The topological polar surface area (TPSA) is 86.8 Å². The number of fused-ring (bicyclic) bond motifs is 1. The Morgan fingerprint density at radius 2 is 1.73 bits per heavy atom. The van der Waals surface area contributed by atoms with E-state index >= 15 is 0 Å². The summed E-state index contributed by atoms with van der Waals surface area (Å²) < 4.78 is 24.4. The van der Waals surface area contributed by atoms with Gasteiger partial charge in [-0.3, -0.25) is 9.69 Å². The number of hydrogen-bond acceptors (Lipinski definition) is 4. The van der Waals surface area contributed by atoms with Gasteiger partial charge in [0, 0.05) is 11.7 Å². The summed E-state index contributed by atoms with van der Waals surface area (Å²) in [5, 5.41) is 2.76. The first-order valence-electron chi connectivity index (χ1n) is 8.75. The molecule has 1 N–H and O–H groups in total. The highest BCUT2D eigenvalue weighted by Crippen LogP contribution is 2.35. The summed E-state index contributed by atoms with van der Waals surface area (Å²) in [6.07, 6.45) is 0. The molecule has 2 atom stereocenters. The normalized spacial score (nSPS) is 24.3. The molecule has 142 valence electrons. The Balaban J connectivity index is 1.95. The number of amides is 3. The standard InChI is InChI=1S/C18H25N3O4S/c1-11(2)19-17(22)8-20-15-9-26(24,25)10-16(15)21(18(20)23)14-6-12(3)5-13(4)7-14/h5-7,11,15-16H,8-10H2,1-4H3,(H,19,22)/t15-,16-/m0/s1. The van der Waals surface area contributed by atoms with Crippen LogP contribution in [0.4, 0.5) is 10.5 Å². The Labute approximate surface area is 154 Å². The maximum Gasteiger partial charge on any atom is 0.325 e. The van der Waals surface area contributed by atoms with Crippen LogP contribution in [0.1, 0.15) is 25.0 Å². The molecule has 0 unspecified atom stereocenters. The van der Waals surface area contributed by atoms with E-state index in [4.69, 9.17) is 0 Å². The van der Waals surface area contributed by atoms with Gasteiger partial charge in [0.25, 0.3) is 0 Å². The van der Waals surface area contributed by atoms with E-state index in [0.29, 0.717) is 5.69 Å². The van der Waals surface area contributed by atoms with Crippen molar-refractivity contribution in [2.45, 2.75) is 45.8 Å². The maximum absolute atomic E-state index is 13.1. The quantitative estimate of drug-likeness (QED) is 0.798. The Morgan fingerprint density at radius 3 is 2.31 bits per heavy atom. The zero-order chi connectivity index (χ0) is 19.2. The van der Waals surface area contributed by atoms with Crippen molar-refractivity contribution in [2.75, 3.05) is 23.0 Å². The number of aryl methyl sites for hydroxylation is 2. The number of urea groups is 1. The highest BCUT2D eigenvalue weighted by molar-refractivity contribution is 7.91. The van der Waals surface area contributed by atoms with E-state index in [1.807, 2.05) is 45.9 Å². The van der Waals surface area contributed by atoms with Crippen LogP contribution in [-0.2, 0) is 14.6 Å². The summed E-state index contributed by atoms with van der Waals surface area (Å²) in [4.78, 5) is 28.2. The molecule has 0 radical (unpaired) electrons. The second kappa shape index (κ2) is 6.57. The van der Waals surface area contributed by atoms with Gasteiger partial charge in [0.2, 0.25) is 5.91 Å². The number of sulfone groups is 1. The lowest BCUT2D eigenvalue weighted by atomic mass is 10.1. The molecule has 3 amide bonds. The average molecular weight is 379 g/mol. The molecule has 1 aromatic carbocycles. The van der Waals surface area contributed by atoms with Crippen LogP contribution in [0.3, 0.4) is 0 Å². The summed E-state index contributed by atoms with van der Waals surface area (Å²) in [6.45, 7) is 7.43. The molecular formula is C18H25N3O4S. The van der Waals surface area contributed by atoms with Crippen LogP contribution in [0.5, 0.6) is 0 Å². The fraction of sp³-hybridized carbons (Fsp3) is 0.556. The predicted octanol–water partition coefficient (Wildman–Crippen LogP) is 1.24. The second-order valence-electron chi connectivity index (χ2n) is 7.56. The van der Waals surface area contributed by atoms with Crippen LogP contribution in [0.25, 0.3) is 0 Å². The van der Waals surface area contributed by atoms with E-state index in [9.17, 15) is 18.0 Å². The molecule has 2 fully saturated rings. The fourth-order valence-electron chi connectivity index (χ4n) is 3.88. The van der Waals surface area contributed by atoms with Crippen LogP contribution in [-0.4, -0.2) is 61.4 Å². The maximum atomic E-state index is 13.1. The van der Waals surface area contributed by atoms with Gasteiger partial charge < -0.3 is 10.2 Å². The number of carbonyl (C=O) groups excluding carboxylic acids is 2. The number of carbonyl (C=O) groups is 2. The van der Waals surface area contributed by atoms with Crippen molar-refractivity contribution in [3.8, 4) is 0 Å². The summed E-state index contributed by atoms with van der Waals surface area (Å²) >= 11 is 0. The van der Waals surface area contributed by atoms with Gasteiger partial charge in [0.05, 0.1) is 23.6 Å². The second-order valence-corrected chi connectivity index (χ2v) is 9.71. The predicted molar refractivity (Wildman–Crippen MR) is 100 cm³/mol. The molecule has 2 saturated heterocycles. The minimum Gasteiger partial charge on any atom is -0.352 e.